The van der Waals surface area contributed by atoms with Crippen molar-refractivity contribution in [2.75, 3.05) is 25.0 Å². The molecule has 0 spiro atoms. The van der Waals surface area contributed by atoms with Gasteiger partial charge in [0, 0.05) is 13.0 Å². The number of benzene rings is 2. The predicted molar refractivity (Wildman–Crippen MR) is 115 cm³/mol. The molecule has 1 aliphatic rings. The summed E-state index contributed by atoms with van der Waals surface area (Å²) in [6.07, 6.45) is 3.27. The first-order valence-electron chi connectivity index (χ1n) is 9.64. The van der Waals surface area contributed by atoms with E-state index in [0.717, 1.165) is 32.4 Å². The van der Waals surface area contributed by atoms with Crippen LogP contribution in [0.5, 0.6) is 0 Å². The third-order valence-electron chi connectivity index (χ3n) is 4.93. The van der Waals surface area contributed by atoms with E-state index >= 15 is 0 Å². The molecular formula is C22H28ClN3O2. The summed E-state index contributed by atoms with van der Waals surface area (Å²) in [5, 5.41) is 9.16. The molecule has 3 N–H and O–H groups in total. The Hall–Kier alpha value is -2.37. The summed E-state index contributed by atoms with van der Waals surface area (Å²) in [6.45, 7) is 2.59. The van der Waals surface area contributed by atoms with Gasteiger partial charge in [-0.3, -0.25) is 9.59 Å². The Morgan fingerprint density at radius 3 is 2.54 bits per heavy atom. The van der Waals surface area contributed by atoms with Crippen LogP contribution >= 0.6 is 12.4 Å². The van der Waals surface area contributed by atoms with Crippen LogP contribution in [0.3, 0.4) is 0 Å². The van der Waals surface area contributed by atoms with E-state index in [1.54, 1.807) is 12.1 Å². The Morgan fingerprint density at radius 2 is 1.79 bits per heavy atom. The van der Waals surface area contributed by atoms with Gasteiger partial charge in [-0.1, -0.05) is 42.5 Å². The van der Waals surface area contributed by atoms with Gasteiger partial charge in [0.05, 0.1) is 11.3 Å². The zero-order valence-electron chi connectivity index (χ0n) is 15.9. The zero-order valence-corrected chi connectivity index (χ0v) is 16.8. The number of anilines is 1. The van der Waals surface area contributed by atoms with E-state index in [9.17, 15) is 9.59 Å². The normalized spacial score (nSPS) is 15.5. The van der Waals surface area contributed by atoms with E-state index in [-0.39, 0.29) is 24.2 Å². The lowest BCUT2D eigenvalue weighted by Gasteiger charge is -2.12. The molecule has 0 aliphatic carbocycles. The maximum atomic E-state index is 12.5. The summed E-state index contributed by atoms with van der Waals surface area (Å²) in [7, 11) is 0. The second kappa shape index (κ2) is 11.5. The number of rotatable bonds is 8. The van der Waals surface area contributed by atoms with Crippen molar-refractivity contribution < 1.29 is 9.59 Å². The van der Waals surface area contributed by atoms with Crippen molar-refractivity contribution in [3.8, 4) is 0 Å². The summed E-state index contributed by atoms with van der Waals surface area (Å²) >= 11 is 0. The molecule has 1 fully saturated rings. The van der Waals surface area contributed by atoms with E-state index in [1.807, 2.05) is 42.5 Å². The molecular weight excluding hydrogens is 374 g/mol. The summed E-state index contributed by atoms with van der Waals surface area (Å²) < 4.78 is 0. The van der Waals surface area contributed by atoms with Gasteiger partial charge in [-0.15, -0.1) is 12.4 Å². The topological polar surface area (TPSA) is 70.2 Å². The monoisotopic (exact) mass is 401 g/mol. The molecule has 0 bridgehead atoms. The van der Waals surface area contributed by atoms with Crippen molar-refractivity contribution >= 4 is 29.9 Å². The summed E-state index contributed by atoms with van der Waals surface area (Å²) in [5.74, 6) is 0.375. The largest absolute Gasteiger partial charge is 0.352 e. The van der Waals surface area contributed by atoms with Crippen molar-refractivity contribution in [2.24, 2.45) is 5.92 Å². The van der Waals surface area contributed by atoms with Gasteiger partial charge in [0.25, 0.3) is 5.91 Å². The van der Waals surface area contributed by atoms with E-state index in [2.05, 4.69) is 16.0 Å². The van der Waals surface area contributed by atoms with Crippen molar-refractivity contribution in [1.29, 1.82) is 0 Å². The highest BCUT2D eigenvalue weighted by Gasteiger charge is 2.17. The number of amides is 2. The van der Waals surface area contributed by atoms with Gasteiger partial charge in [-0.05, 0) is 56.0 Å². The number of para-hydroxylation sites is 1. The minimum Gasteiger partial charge on any atom is -0.352 e. The van der Waals surface area contributed by atoms with Crippen LogP contribution in [0, 0.1) is 5.92 Å². The van der Waals surface area contributed by atoms with Gasteiger partial charge in [0.2, 0.25) is 5.91 Å². The van der Waals surface area contributed by atoms with E-state index in [1.165, 1.54) is 5.56 Å². The van der Waals surface area contributed by atoms with Gasteiger partial charge >= 0.3 is 0 Å². The molecule has 1 unspecified atom stereocenters. The van der Waals surface area contributed by atoms with E-state index in [4.69, 9.17) is 0 Å². The molecule has 28 heavy (non-hydrogen) atoms. The highest BCUT2D eigenvalue weighted by atomic mass is 35.5. The molecule has 2 aromatic rings. The van der Waals surface area contributed by atoms with Crippen LogP contribution in [0.4, 0.5) is 5.69 Å². The molecule has 5 nitrogen and oxygen atoms in total. The highest BCUT2D eigenvalue weighted by Crippen LogP contribution is 2.18. The first-order valence-corrected chi connectivity index (χ1v) is 9.64. The van der Waals surface area contributed by atoms with Gasteiger partial charge < -0.3 is 16.0 Å². The average Bonchev–Trinajstić information content (AvgIpc) is 3.21. The molecule has 2 amide bonds. The molecule has 0 aromatic heterocycles. The summed E-state index contributed by atoms with van der Waals surface area (Å²) in [4.78, 5) is 24.8. The van der Waals surface area contributed by atoms with Crippen molar-refractivity contribution in [3.63, 3.8) is 0 Å². The Kier molecular flexibility index (Phi) is 8.98. The summed E-state index contributed by atoms with van der Waals surface area (Å²) in [6, 6.07) is 17.2. The number of carbonyl (C=O) groups is 2. The van der Waals surface area contributed by atoms with Crippen molar-refractivity contribution in [2.45, 2.75) is 25.7 Å². The second-order valence-electron chi connectivity index (χ2n) is 6.98. The fourth-order valence-corrected chi connectivity index (χ4v) is 3.36. The second-order valence-corrected chi connectivity index (χ2v) is 6.98. The van der Waals surface area contributed by atoms with Crippen LogP contribution in [-0.2, 0) is 11.2 Å². The Labute approximate surface area is 172 Å². The van der Waals surface area contributed by atoms with Crippen LogP contribution in [0.1, 0.15) is 35.2 Å². The fourth-order valence-electron chi connectivity index (χ4n) is 3.36. The number of hydrogen-bond acceptors (Lipinski definition) is 3. The molecule has 0 radical (unpaired) electrons. The first-order chi connectivity index (χ1) is 13.2. The molecule has 1 atom stereocenters. The first kappa shape index (κ1) is 21.9. The molecule has 6 heteroatoms. The SMILES string of the molecule is Cl.O=C(CCC1CCNC1)Nc1ccccc1C(=O)NCCc1ccccc1. The highest BCUT2D eigenvalue weighted by molar-refractivity contribution is 6.03. The lowest BCUT2D eigenvalue weighted by Crippen LogP contribution is -2.27. The number of nitrogens with one attached hydrogen (secondary N) is 3. The standard InChI is InChI=1S/C22H27N3O2.ClH/c26-21(11-10-18-12-14-23-16-18)25-20-9-5-4-8-19(20)22(27)24-15-13-17-6-2-1-3-7-17;/h1-9,18,23H,10-16H2,(H,24,27)(H,25,26);1H. The zero-order chi connectivity index (χ0) is 18.9. The predicted octanol–water partition coefficient (Wildman–Crippen LogP) is 3.41. The Bertz CT molecular complexity index is 761. The van der Waals surface area contributed by atoms with Gasteiger partial charge in [0.15, 0.2) is 0 Å². The molecule has 1 aliphatic heterocycles. The number of hydrogen-bond donors (Lipinski definition) is 3. The van der Waals surface area contributed by atoms with E-state index < -0.39 is 0 Å². The summed E-state index contributed by atoms with van der Waals surface area (Å²) in [5.41, 5.74) is 2.26. The third-order valence-corrected chi connectivity index (χ3v) is 4.93. The number of halogens is 1. The van der Waals surface area contributed by atoms with Crippen LogP contribution in [0.25, 0.3) is 0 Å². The lowest BCUT2D eigenvalue weighted by molar-refractivity contribution is -0.116. The van der Waals surface area contributed by atoms with Gasteiger partial charge in [0.1, 0.15) is 0 Å². The smallest absolute Gasteiger partial charge is 0.253 e. The molecule has 1 heterocycles. The van der Waals surface area contributed by atoms with E-state index in [0.29, 0.717) is 30.1 Å². The van der Waals surface area contributed by atoms with Crippen LogP contribution in [-0.4, -0.2) is 31.4 Å². The fraction of sp³-hybridized carbons (Fsp3) is 0.364. The Morgan fingerprint density at radius 1 is 1.04 bits per heavy atom. The quantitative estimate of drug-likeness (QED) is 0.634. The maximum Gasteiger partial charge on any atom is 0.253 e. The molecule has 0 saturated carbocycles. The lowest BCUT2D eigenvalue weighted by atomic mass is 10.0. The minimum atomic E-state index is -0.165. The Balaban J connectivity index is 0.00000280. The number of carbonyl (C=O) groups excluding carboxylic acids is 2. The van der Waals surface area contributed by atoms with Gasteiger partial charge in [-0.2, -0.15) is 0 Å². The molecule has 1 saturated heterocycles. The van der Waals surface area contributed by atoms with Crippen LogP contribution in [0.15, 0.2) is 54.6 Å². The van der Waals surface area contributed by atoms with Crippen molar-refractivity contribution in [3.05, 3.63) is 65.7 Å². The van der Waals surface area contributed by atoms with Gasteiger partial charge in [-0.25, -0.2) is 0 Å². The maximum absolute atomic E-state index is 12.5. The molecule has 2 aromatic carbocycles. The molecule has 150 valence electrons. The van der Waals surface area contributed by atoms with Crippen LogP contribution in [0.2, 0.25) is 0 Å². The average molecular weight is 402 g/mol. The minimum absolute atomic E-state index is 0. The third kappa shape index (κ3) is 6.66. The van der Waals surface area contributed by atoms with Crippen molar-refractivity contribution in [1.82, 2.24) is 10.6 Å². The molecule has 3 rings (SSSR count). The van der Waals surface area contributed by atoms with Crippen LogP contribution < -0.4 is 16.0 Å².